The maximum absolute atomic E-state index is 13.2. The SMILES string of the molecule is CC(C)C[C@@H](C(=O)NN(CC1CCC1)S(C)(=O)=O)[C@H](CC=Cc1ccccc1)C(=O)NO. The average Bonchev–Trinajstić information content (AvgIpc) is 2.70. The molecule has 3 N–H and O–H groups in total. The third-order valence-corrected chi connectivity index (χ3v) is 6.82. The number of benzene rings is 1. The molecule has 2 amide bonds. The molecule has 2 rings (SSSR count). The molecule has 32 heavy (non-hydrogen) atoms. The van der Waals surface area contributed by atoms with Crippen LogP contribution >= 0.6 is 0 Å². The van der Waals surface area contributed by atoms with Gasteiger partial charge in [-0.05, 0) is 43.1 Å². The van der Waals surface area contributed by atoms with Gasteiger partial charge in [0.2, 0.25) is 21.8 Å². The van der Waals surface area contributed by atoms with Crippen LogP contribution in [0, 0.1) is 23.7 Å². The first-order valence-corrected chi connectivity index (χ1v) is 12.9. The van der Waals surface area contributed by atoms with Crippen LogP contribution < -0.4 is 10.9 Å². The van der Waals surface area contributed by atoms with Gasteiger partial charge >= 0.3 is 0 Å². The van der Waals surface area contributed by atoms with E-state index in [1.807, 2.05) is 50.3 Å². The van der Waals surface area contributed by atoms with E-state index in [0.717, 1.165) is 35.5 Å². The van der Waals surface area contributed by atoms with Gasteiger partial charge in [0.05, 0.1) is 18.1 Å². The fourth-order valence-corrected chi connectivity index (χ4v) is 4.53. The molecule has 1 saturated carbocycles. The van der Waals surface area contributed by atoms with Gasteiger partial charge in [-0.2, -0.15) is 0 Å². The zero-order valence-corrected chi connectivity index (χ0v) is 19.8. The van der Waals surface area contributed by atoms with Gasteiger partial charge in [0.15, 0.2) is 0 Å². The summed E-state index contributed by atoms with van der Waals surface area (Å²) in [6.07, 6.45) is 8.19. The molecule has 0 radical (unpaired) electrons. The molecule has 0 spiro atoms. The first kappa shape index (κ1) is 26.0. The van der Waals surface area contributed by atoms with E-state index in [9.17, 15) is 23.2 Å². The van der Waals surface area contributed by atoms with Crippen LogP contribution in [0.25, 0.3) is 6.08 Å². The van der Waals surface area contributed by atoms with Gasteiger partial charge in [0.1, 0.15) is 0 Å². The predicted octanol–water partition coefficient (Wildman–Crippen LogP) is 2.97. The summed E-state index contributed by atoms with van der Waals surface area (Å²) in [5, 5.41) is 9.29. The number of hydrazine groups is 1. The Morgan fingerprint density at radius 3 is 2.31 bits per heavy atom. The van der Waals surface area contributed by atoms with Crippen molar-refractivity contribution in [2.45, 2.75) is 46.0 Å². The Labute approximate surface area is 191 Å². The van der Waals surface area contributed by atoms with Crippen LogP contribution in [0.2, 0.25) is 0 Å². The van der Waals surface area contributed by atoms with Crippen molar-refractivity contribution in [1.29, 1.82) is 0 Å². The summed E-state index contributed by atoms with van der Waals surface area (Å²) in [6, 6.07) is 9.53. The molecule has 0 aliphatic heterocycles. The topological polar surface area (TPSA) is 116 Å². The highest BCUT2D eigenvalue weighted by Crippen LogP contribution is 2.28. The van der Waals surface area contributed by atoms with E-state index in [4.69, 9.17) is 0 Å². The monoisotopic (exact) mass is 465 g/mol. The quantitative estimate of drug-likeness (QED) is 0.324. The number of hydrogen-bond donors (Lipinski definition) is 3. The number of nitrogens with zero attached hydrogens (tertiary/aromatic N) is 1. The van der Waals surface area contributed by atoms with Crippen LogP contribution in [0.4, 0.5) is 0 Å². The van der Waals surface area contributed by atoms with Gasteiger partial charge in [0, 0.05) is 6.54 Å². The van der Waals surface area contributed by atoms with Crippen LogP contribution in [0.1, 0.15) is 51.5 Å². The van der Waals surface area contributed by atoms with Crippen LogP contribution in [-0.2, 0) is 19.6 Å². The molecule has 1 aliphatic rings. The van der Waals surface area contributed by atoms with Crippen molar-refractivity contribution in [1.82, 2.24) is 15.3 Å². The molecule has 2 atom stereocenters. The second-order valence-corrected chi connectivity index (χ2v) is 10.8. The molecule has 1 fully saturated rings. The Hall–Kier alpha value is -2.23. The Balaban J connectivity index is 2.21. The van der Waals surface area contributed by atoms with Crippen molar-refractivity contribution in [3.05, 3.63) is 42.0 Å². The van der Waals surface area contributed by atoms with E-state index in [2.05, 4.69) is 5.43 Å². The van der Waals surface area contributed by atoms with E-state index in [1.165, 1.54) is 0 Å². The maximum atomic E-state index is 13.2. The summed E-state index contributed by atoms with van der Waals surface area (Å²) in [7, 11) is -3.66. The largest absolute Gasteiger partial charge is 0.289 e. The maximum Gasteiger partial charge on any atom is 0.247 e. The summed E-state index contributed by atoms with van der Waals surface area (Å²) in [5.41, 5.74) is 5.17. The Morgan fingerprint density at radius 2 is 1.81 bits per heavy atom. The second-order valence-electron chi connectivity index (χ2n) is 8.93. The van der Waals surface area contributed by atoms with E-state index < -0.39 is 33.7 Å². The lowest BCUT2D eigenvalue weighted by Gasteiger charge is -2.33. The van der Waals surface area contributed by atoms with Gasteiger partial charge in [-0.3, -0.25) is 20.2 Å². The highest BCUT2D eigenvalue weighted by atomic mass is 32.2. The molecule has 0 bridgehead atoms. The zero-order chi connectivity index (χ0) is 23.7. The van der Waals surface area contributed by atoms with E-state index in [1.54, 1.807) is 11.6 Å². The molecule has 1 aromatic rings. The molecule has 0 aromatic heterocycles. The normalized spacial score (nSPS) is 16.7. The number of sulfonamides is 1. The summed E-state index contributed by atoms with van der Waals surface area (Å²) >= 11 is 0. The molecule has 1 aromatic carbocycles. The number of rotatable bonds is 12. The molecule has 0 heterocycles. The third-order valence-electron chi connectivity index (χ3n) is 5.78. The molecule has 0 saturated heterocycles. The van der Waals surface area contributed by atoms with Crippen molar-refractivity contribution in [3.8, 4) is 0 Å². The minimum absolute atomic E-state index is 0.0798. The second kappa shape index (κ2) is 12.1. The van der Waals surface area contributed by atoms with E-state index in [-0.39, 0.29) is 24.8 Å². The number of nitrogens with one attached hydrogen (secondary N) is 2. The van der Waals surface area contributed by atoms with Crippen LogP contribution in [-0.4, -0.2) is 42.7 Å². The highest BCUT2D eigenvalue weighted by Gasteiger charge is 2.36. The minimum Gasteiger partial charge on any atom is -0.289 e. The van der Waals surface area contributed by atoms with Crippen molar-refractivity contribution in [3.63, 3.8) is 0 Å². The van der Waals surface area contributed by atoms with Gasteiger partial charge in [0.25, 0.3) is 0 Å². The third kappa shape index (κ3) is 8.03. The number of carbonyl (C=O) groups excluding carboxylic acids is 2. The smallest absolute Gasteiger partial charge is 0.247 e. The van der Waals surface area contributed by atoms with Gasteiger partial charge in [-0.15, -0.1) is 4.41 Å². The fraction of sp³-hybridized carbons (Fsp3) is 0.565. The first-order valence-electron chi connectivity index (χ1n) is 11.1. The molecular weight excluding hydrogens is 430 g/mol. The average molecular weight is 466 g/mol. The highest BCUT2D eigenvalue weighted by molar-refractivity contribution is 7.88. The number of hydroxylamine groups is 1. The Bertz CT molecular complexity index is 882. The van der Waals surface area contributed by atoms with Crippen molar-refractivity contribution in [2.24, 2.45) is 23.7 Å². The zero-order valence-electron chi connectivity index (χ0n) is 19.0. The molecule has 8 nitrogen and oxygen atoms in total. The molecule has 178 valence electrons. The van der Waals surface area contributed by atoms with E-state index >= 15 is 0 Å². The molecule has 1 aliphatic carbocycles. The number of carbonyl (C=O) groups is 2. The Morgan fingerprint density at radius 1 is 1.16 bits per heavy atom. The van der Waals surface area contributed by atoms with Gasteiger partial charge in [-0.1, -0.05) is 62.8 Å². The number of allylic oxidation sites excluding steroid dienone is 1. The van der Waals surface area contributed by atoms with Gasteiger partial charge < -0.3 is 0 Å². The standard InChI is InChI=1S/C23H35N3O5S/c1-17(2)15-21(22(27)24-26(32(3,30)31)16-19-12-7-13-19)20(23(28)25-29)14-8-11-18-9-5-4-6-10-18/h4-6,8-11,17,19-21,29H,7,12-16H2,1-3H3,(H,24,27)(H,25,28)/t20-,21+/m0/s1. The van der Waals surface area contributed by atoms with Gasteiger partial charge in [-0.25, -0.2) is 13.9 Å². The predicted molar refractivity (Wildman–Crippen MR) is 123 cm³/mol. The van der Waals surface area contributed by atoms with Crippen molar-refractivity contribution in [2.75, 3.05) is 12.8 Å². The van der Waals surface area contributed by atoms with Crippen molar-refractivity contribution < 1.29 is 23.2 Å². The molecular formula is C23H35N3O5S. The molecule has 9 heteroatoms. The molecule has 0 unspecified atom stereocenters. The summed E-state index contributed by atoms with van der Waals surface area (Å²) in [4.78, 5) is 25.7. The Kier molecular flexibility index (Phi) is 9.86. The summed E-state index contributed by atoms with van der Waals surface area (Å²) in [5.74, 6) is -2.57. The summed E-state index contributed by atoms with van der Waals surface area (Å²) < 4.78 is 25.5. The van der Waals surface area contributed by atoms with E-state index in [0.29, 0.717) is 6.42 Å². The fourth-order valence-electron chi connectivity index (χ4n) is 3.79. The first-order chi connectivity index (χ1) is 15.1. The van der Waals surface area contributed by atoms with Crippen molar-refractivity contribution >= 4 is 27.9 Å². The lowest BCUT2D eigenvalue weighted by Crippen LogP contribution is -2.52. The van der Waals surface area contributed by atoms with Crippen LogP contribution in [0.3, 0.4) is 0 Å². The lowest BCUT2D eigenvalue weighted by atomic mass is 9.82. The van der Waals surface area contributed by atoms with Crippen LogP contribution in [0.15, 0.2) is 36.4 Å². The summed E-state index contributed by atoms with van der Waals surface area (Å²) in [6.45, 7) is 4.08. The lowest BCUT2D eigenvalue weighted by molar-refractivity contribution is -0.142. The number of amides is 2. The van der Waals surface area contributed by atoms with Crippen LogP contribution in [0.5, 0.6) is 0 Å². The number of hydrogen-bond acceptors (Lipinski definition) is 5. The minimum atomic E-state index is -3.66.